The molecule has 1 heterocycles. The van der Waals surface area contributed by atoms with E-state index < -0.39 is 0 Å². The molecule has 2 nitrogen and oxygen atoms in total. The van der Waals surface area contributed by atoms with E-state index in [4.69, 9.17) is 17.3 Å². The van der Waals surface area contributed by atoms with Crippen molar-refractivity contribution in [2.24, 2.45) is 0 Å². The minimum absolute atomic E-state index is 0.179. The van der Waals surface area contributed by atoms with Crippen LogP contribution in [0.5, 0.6) is 5.75 Å². The maximum Gasteiger partial charge on any atom is 0.122 e. The van der Waals surface area contributed by atoms with Gasteiger partial charge in [0.2, 0.25) is 0 Å². The molecule has 0 fully saturated rings. The van der Waals surface area contributed by atoms with Gasteiger partial charge in [0, 0.05) is 17.0 Å². The van der Waals surface area contributed by atoms with Crippen LogP contribution in [-0.4, -0.2) is 5.11 Å². The first-order chi connectivity index (χ1) is 6.24. The Kier molecular flexibility index (Phi) is 2.06. The van der Waals surface area contributed by atoms with Crippen molar-refractivity contribution in [2.45, 2.75) is 5.88 Å². The molecule has 0 unspecified atom stereocenters. The molecule has 1 aromatic carbocycles. The number of hydrogen-bond donors (Lipinski definition) is 2. The molecule has 0 spiro atoms. The van der Waals surface area contributed by atoms with E-state index in [-0.39, 0.29) is 5.75 Å². The minimum Gasteiger partial charge on any atom is -0.508 e. The highest BCUT2D eigenvalue weighted by Gasteiger charge is 2.09. The van der Waals surface area contributed by atoms with Gasteiger partial charge in [-0.25, -0.2) is 0 Å². The quantitative estimate of drug-likeness (QED) is 0.565. The molecule has 0 radical (unpaired) electrons. The number of hydrogen-bond acceptors (Lipinski definition) is 3. The molecule has 1 aromatic heterocycles. The number of aromatic hydroxyl groups is 1. The fourth-order valence-corrected chi connectivity index (χ4v) is 2.48. The second-order valence-electron chi connectivity index (χ2n) is 2.76. The number of nitrogen functional groups attached to an aromatic ring is 1. The normalized spacial score (nSPS) is 10.8. The molecule has 0 amide bonds. The fraction of sp³-hybridized carbons (Fsp3) is 0.111. The average molecular weight is 214 g/mol. The molecule has 0 atom stereocenters. The monoisotopic (exact) mass is 213 g/mol. The summed E-state index contributed by atoms with van der Waals surface area (Å²) in [7, 11) is 0. The maximum absolute atomic E-state index is 9.55. The summed E-state index contributed by atoms with van der Waals surface area (Å²) in [5, 5.41) is 12.4. The van der Waals surface area contributed by atoms with E-state index in [1.54, 1.807) is 17.4 Å². The second kappa shape index (κ2) is 3.09. The van der Waals surface area contributed by atoms with Crippen LogP contribution in [0.15, 0.2) is 17.5 Å². The summed E-state index contributed by atoms with van der Waals surface area (Å²) < 4.78 is 0.994. The van der Waals surface area contributed by atoms with Gasteiger partial charge >= 0.3 is 0 Å². The number of anilines is 1. The average Bonchev–Trinajstić information content (AvgIpc) is 2.53. The summed E-state index contributed by atoms with van der Waals surface area (Å²) in [4.78, 5) is 0. The summed E-state index contributed by atoms with van der Waals surface area (Å²) in [6.07, 6.45) is 0. The lowest BCUT2D eigenvalue weighted by molar-refractivity contribution is 0.472. The Morgan fingerprint density at radius 3 is 3.00 bits per heavy atom. The van der Waals surface area contributed by atoms with Crippen LogP contribution in [0.3, 0.4) is 0 Å². The molecular weight excluding hydrogens is 206 g/mol. The molecule has 0 aliphatic carbocycles. The van der Waals surface area contributed by atoms with Gasteiger partial charge in [0.25, 0.3) is 0 Å². The zero-order valence-corrected chi connectivity index (χ0v) is 8.32. The van der Waals surface area contributed by atoms with Gasteiger partial charge in [0.15, 0.2) is 0 Å². The molecule has 13 heavy (non-hydrogen) atoms. The number of phenols is 1. The Bertz CT molecular complexity index is 452. The lowest BCUT2D eigenvalue weighted by atomic mass is 10.1. The molecule has 4 heteroatoms. The predicted molar refractivity (Wildman–Crippen MR) is 57.5 cm³/mol. The highest BCUT2D eigenvalue weighted by Crippen LogP contribution is 2.36. The van der Waals surface area contributed by atoms with E-state index in [1.165, 1.54) is 0 Å². The lowest BCUT2D eigenvalue weighted by Crippen LogP contribution is -1.88. The number of alkyl halides is 1. The second-order valence-corrected chi connectivity index (χ2v) is 3.94. The maximum atomic E-state index is 9.55. The SMILES string of the molecule is Nc1cc(O)c(CCl)c2ccsc12. The first-order valence-corrected chi connectivity index (χ1v) is 5.19. The van der Waals surface area contributed by atoms with Crippen molar-refractivity contribution in [1.29, 1.82) is 0 Å². The van der Waals surface area contributed by atoms with Crippen LogP contribution in [0, 0.1) is 0 Å². The third-order valence-electron chi connectivity index (χ3n) is 1.99. The van der Waals surface area contributed by atoms with Crippen molar-refractivity contribution in [3.8, 4) is 5.75 Å². The topological polar surface area (TPSA) is 46.2 Å². The first-order valence-electron chi connectivity index (χ1n) is 3.77. The summed E-state index contributed by atoms with van der Waals surface area (Å²) in [5.74, 6) is 0.484. The van der Waals surface area contributed by atoms with E-state index in [2.05, 4.69) is 0 Å². The van der Waals surface area contributed by atoms with Gasteiger partial charge in [-0.15, -0.1) is 22.9 Å². The van der Waals surface area contributed by atoms with Crippen molar-refractivity contribution < 1.29 is 5.11 Å². The molecular formula is C9H8ClNOS. The molecule has 0 aliphatic rings. The van der Waals surface area contributed by atoms with Crippen LogP contribution in [-0.2, 0) is 5.88 Å². The molecule has 2 rings (SSSR count). The van der Waals surface area contributed by atoms with Crippen LogP contribution in [0.2, 0.25) is 0 Å². The number of rotatable bonds is 1. The number of halogens is 1. The summed E-state index contributed by atoms with van der Waals surface area (Å²) in [6, 6.07) is 3.48. The van der Waals surface area contributed by atoms with Crippen molar-refractivity contribution in [3.63, 3.8) is 0 Å². The van der Waals surface area contributed by atoms with Gasteiger partial charge in [0.1, 0.15) is 5.75 Å². The standard InChI is InChI=1S/C9H8ClNOS/c10-4-6-5-1-2-13-9(5)7(11)3-8(6)12/h1-3,12H,4,11H2. The van der Waals surface area contributed by atoms with Crippen molar-refractivity contribution in [3.05, 3.63) is 23.1 Å². The molecule has 0 bridgehead atoms. The fourth-order valence-electron chi connectivity index (χ4n) is 1.35. The van der Waals surface area contributed by atoms with Crippen LogP contribution in [0.25, 0.3) is 10.1 Å². The molecule has 3 N–H and O–H groups in total. The third-order valence-corrected chi connectivity index (χ3v) is 3.22. The van der Waals surface area contributed by atoms with Gasteiger partial charge in [0.05, 0.1) is 16.3 Å². The summed E-state index contributed by atoms with van der Waals surface area (Å²) in [5.41, 5.74) is 7.10. The zero-order valence-electron chi connectivity index (χ0n) is 6.75. The van der Waals surface area contributed by atoms with E-state index in [0.717, 1.165) is 15.6 Å². The van der Waals surface area contributed by atoms with E-state index in [0.29, 0.717) is 11.6 Å². The van der Waals surface area contributed by atoms with Crippen LogP contribution >= 0.6 is 22.9 Å². The van der Waals surface area contributed by atoms with Gasteiger partial charge < -0.3 is 10.8 Å². The largest absolute Gasteiger partial charge is 0.508 e. The summed E-state index contributed by atoms with van der Waals surface area (Å²) in [6.45, 7) is 0. The summed E-state index contributed by atoms with van der Waals surface area (Å²) >= 11 is 7.28. The zero-order chi connectivity index (χ0) is 9.42. The van der Waals surface area contributed by atoms with Crippen LogP contribution in [0.1, 0.15) is 5.56 Å². The first kappa shape index (κ1) is 8.66. The Balaban J connectivity index is 2.88. The van der Waals surface area contributed by atoms with Gasteiger partial charge in [-0.1, -0.05) is 0 Å². The van der Waals surface area contributed by atoms with Crippen LogP contribution in [0.4, 0.5) is 5.69 Å². The molecule has 2 aromatic rings. The third kappa shape index (κ3) is 1.24. The van der Waals surface area contributed by atoms with Gasteiger partial charge in [-0.3, -0.25) is 0 Å². The lowest BCUT2D eigenvalue weighted by Gasteiger charge is -2.04. The van der Waals surface area contributed by atoms with E-state index in [9.17, 15) is 5.11 Å². The molecule has 0 aliphatic heterocycles. The van der Waals surface area contributed by atoms with Crippen molar-refractivity contribution in [1.82, 2.24) is 0 Å². The molecule has 68 valence electrons. The van der Waals surface area contributed by atoms with E-state index in [1.807, 2.05) is 11.4 Å². The Morgan fingerprint density at radius 1 is 1.54 bits per heavy atom. The van der Waals surface area contributed by atoms with E-state index >= 15 is 0 Å². The number of thiophene rings is 1. The van der Waals surface area contributed by atoms with Gasteiger partial charge in [-0.2, -0.15) is 0 Å². The number of nitrogens with two attached hydrogens (primary N) is 1. The van der Waals surface area contributed by atoms with Crippen molar-refractivity contribution in [2.75, 3.05) is 5.73 Å². The van der Waals surface area contributed by atoms with Crippen molar-refractivity contribution >= 4 is 38.7 Å². The highest BCUT2D eigenvalue weighted by molar-refractivity contribution is 7.17. The minimum atomic E-state index is 0.179. The molecule has 0 saturated heterocycles. The Morgan fingerprint density at radius 2 is 2.31 bits per heavy atom. The number of fused-ring (bicyclic) bond motifs is 1. The number of benzene rings is 1. The number of phenolic OH excluding ortho intramolecular Hbond substituents is 1. The predicted octanol–water partition coefficient (Wildman–Crippen LogP) is 2.93. The Labute approximate surface area is 84.6 Å². The smallest absolute Gasteiger partial charge is 0.122 e. The van der Waals surface area contributed by atoms with Crippen LogP contribution < -0.4 is 5.73 Å². The van der Waals surface area contributed by atoms with Gasteiger partial charge in [-0.05, 0) is 11.4 Å². The highest BCUT2D eigenvalue weighted by atomic mass is 35.5. The Hall–Kier alpha value is -0.930. The molecule has 0 saturated carbocycles.